The number of sulfonamides is 1. The summed E-state index contributed by atoms with van der Waals surface area (Å²) in [4.78, 5) is 0.338. The number of methoxy groups -OCH3 is 1. The van der Waals surface area contributed by atoms with Crippen molar-refractivity contribution in [2.24, 2.45) is 11.7 Å². The maximum Gasteiger partial charge on any atom is 0.243 e. The van der Waals surface area contributed by atoms with Crippen LogP contribution in [0.5, 0.6) is 11.5 Å². The van der Waals surface area contributed by atoms with Gasteiger partial charge in [0.1, 0.15) is 18.1 Å². The molecule has 4 N–H and O–H groups in total. The molecule has 1 spiro atoms. The first kappa shape index (κ1) is 36.3. The van der Waals surface area contributed by atoms with Gasteiger partial charge < -0.3 is 30.2 Å². The number of aliphatic hydroxyl groups is 2. The van der Waals surface area contributed by atoms with Crippen molar-refractivity contribution in [3.63, 3.8) is 0 Å². The van der Waals surface area contributed by atoms with E-state index < -0.39 is 37.3 Å². The van der Waals surface area contributed by atoms with Crippen LogP contribution in [-0.4, -0.2) is 87.8 Å². The molecule has 0 amide bonds. The van der Waals surface area contributed by atoms with Crippen LogP contribution in [0, 0.1) is 5.92 Å². The summed E-state index contributed by atoms with van der Waals surface area (Å²) >= 11 is 0. The molecule has 0 unspecified atom stereocenters. The van der Waals surface area contributed by atoms with Gasteiger partial charge in [0.25, 0.3) is 0 Å². The number of aliphatic hydroxyl groups excluding tert-OH is 2. The Hall–Kier alpha value is -3.04. The van der Waals surface area contributed by atoms with E-state index in [9.17, 15) is 27.0 Å². The number of hydrogen-bond acceptors (Lipinski definition) is 10. The lowest BCUT2D eigenvalue weighted by Gasteiger charge is -2.38. The van der Waals surface area contributed by atoms with E-state index in [1.807, 2.05) is 24.3 Å². The van der Waals surface area contributed by atoms with Gasteiger partial charge in [-0.25, -0.2) is 16.8 Å². The van der Waals surface area contributed by atoms with Crippen LogP contribution in [0.4, 0.5) is 0 Å². The molecule has 2 aliphatic carbocycles. The second kappa shape index (κ2) is 13.7. The highest BCUT2D eigenvalue weighted by Gasteiger charge is 2.54. The van der Waals surface area contributed by atoms with Gasteiger partial charge in [0, 0.05) is 24.2 Å². The van der Waals surface area contributed by atoms with Gasteiger partial charge in [0.05, 0.1) is 46.6 Å². The van der Waals surface area contributed by atoms with Crippen LogP contribution in [0.3, 0.4) is 0 Å². The predicted molar refractivity (Wildman–Crippen MR) is 192 cm³/mol. The molecule has 2 atom stereocenters. The van der Waals surface area contributed by atoms with Crippen LogP contribution in [0.15, 0.2) is 76.5 Å². The van der Waals surface area contributed by atoms with Gasteiger partial charge >= 0.3 is 0 Å². The predicted octanol–water partition coefficient (Wildman–Crippen LogP) is 4.39. The SMILES string of the molecule is COc1ccc(S(=O)(=O)N2CCC3(CC2)C[C@H](CC[C@H](O)COc2cccc(S(=O)(=O)C4(CO)CC4)c2)CO3)cc1-c1ccc(C2(N)CC2)cc1. The molecule has 4 fully saturated rings. The van der Waals surface area contributed by atoms with Crippen molar-refractivity contribution in [3.8, 4) is 22.6 Å². The van der Waals surface area contributed by atoms with E-state index in [0.717, 1.165) is 36.8 Å². The van der Waals surface area contributed by atoms with E-state index in [1.54, 1.807) is 41.7 Å². The molecule has 0 aromatic heterocycles. The van der Waals surface area contributed by atoms with Crippen LogP contribution < -0.4 is 15.2 Å². The fourth-order valence-corrected chi connectivity index (χ4v) is 10.9. The smallest absolute Gasteiger partial charge is 0.243 e. The number of ether oxygens (including phenoxy) is 3. The topological polar surface area (TPSA) is 166 Å². The number of hydrogen-bond donors (Lipinski definition) is 3. The van der Waals surface area contributed by atoms with Crippen LogP contribution in [0.25, 0.3) is 11.1 Å². The molecule has 3 aromatic rings. The first-order valence-corrected chi connectivity index (χ1v) is 20.7. The lowest BCUT2D eigenvalue weighted by Crippen LogP contribution is -2.46. The molecular weight excluding hydrogens is 693 g/mol. The Bertz CT molecular complexity index is 1950. The minimum Gasteiger partial charge on any atom is -0.496 e. The molecule has 13 heteroatoms. The highest BCUT2D eigenvalue weighted by Crippen LogP contribution is 2.47. The molecule has 2 aliphatic heterocycles. The third kappa shape index (κ3) is 7.18. The van der Waals surface area contributed by atoms with Gasteiger partial charge in [-0.1, -0.05) is 30.3 Å². The van der Waals surface area contributed by atoms with Crippen LogP contribution in [-0.2, 0) is 30.1 Å². The molecule has 51 heavy (non-hydrogen) atoms. The van der Waals surface area contributed by atoms with Crippen molar-refractivity contribution in [2.75, 3.05) is 40.0 Å². The van der Waals surface area contributed by atoms with E-state index in [1.165, 1.54) is 12.1 Å². The normalized spacial score (nSPS) is 22.8. The molecule has 276 valence electrons. The lowest BCUT2D eigenvalue weighted by atomic mass is 9.84. The largest absolute Gasteiger partial charge is 0.496 e. The van der Waals surface area contributed by atoms with Gasteiger partial charge in [-0.3, -0.25) is 0 Å². The molecule has 0 bridgehead atoms. The number of nitrogens with two attached hydrogens (primary N) is 1. The Morgan fingerprint density at radius 3 is 2.31 bits per heavy atom. The molecular formula is C38H48N2O9S2. The first-order chi connectivity index (χ1) is 24.3. The van der Waals surface area contributed by atoms with Crippen molar-refractivity contribution >= 4 is 19.9 Å². The Kier molecular flexibility index (Phi) is 9.79. The maximum absolute atomic E-state index is 13.8. The number of sulfone groups is 1. The molecule has 2 saturated heterocycles. The molecule has 3 aromatic carbocycles. The number of benzene rings is 3. The van der Waals surface area contributed by atoms with Gasteiger partial charge in [-0.05, 0) is 111 Å². The molecule has 2 saturated carbocycles. The van der Waals surface area contributed by atoms with E-state index in [-0.39, 0.29) is 33.5 Å². The maximum atomic E-state index is 13.8. The van der Waals surface area contributed by atoms with Crippen molar-refractivity contribution in [2.45, 2.75) is 89.6 Å². The average Bonchev–Trinajstić information content (AvgIpc) is 4.08. The highest BCUT2D eigenvalue weighted by molar-refractivity contribution is 7.93. The zero-order valence-corrected chi connectivity index (χ0v) is 30.6. The van der Waals surface area contributed by atoms with Gasteiger partial charge in [-0.15, -0.1) is 0 Å². The third-order valence-electron chi connectivity index (χ3n) is 11.4. The summed E-state index contributed by atoms with van der Waals surface area (Å²) in [6.07, 6.45) is 5.27. The minimum absolute atomic E-state index is 0.0208. The molecule has 0 radical (unpaired) electrons. The second-order valence-electron chi connectivity index (χ2n) is 14.9. The summed E-state index contributed by atoms with van der Waals surface area (Å²) in [5.74, 6) is 1.18. The Labute approximate surface area is 300 Å². The summed E-state index contributed by atoms with van der Waals surface area (Å²) in [5.41, 5.74) is 8.38. The van der Waals surface area contributed by atoms with E-state index in [2.05, 4.69) is 0 Å². The first-order valence-electron chi connectivity index (χ1n) is 17.8. The summed E-state index contributed by atoms with van der Waals surface area (Å²) in [5, 5.41) is 20.3. The zero-order valence-electron chi connectivity index (χ0n) is 29.0. The van der Waals surface area contributed by atoms with Crippen LogP contribution >= 0.6 is 0 Å². The minimum atomic E-state index is -3.76. The number of rotatable bonds is 14. The van der Waals surface area contributed by atoms with Crippen molar-refractivity contribution in [3.05, 3.63) is 72.3 Å². The molecule has 11 nitrogen and oxygen atoms in total. The highest BCUT2D eigenvalue weighted by atomic mass is 32.2. The fraction of sp³-hybridized carbons (Fsp3) is 0.526. The van der Waals surface area contributed by atoms with Crippen LogP contribution in [0.1, 0.15) is 63.4 Å². The monoisotopic (exact) mass is 740 g/mol. The summed E-state index contributed by atoms with van der Waals surface area (Å²) in [6.45, 7) is 0.883. The summed E-state index contributed by atoms with van der Waals surface area (Å²) < 4.78 is 71.7. The Morgan fingerprint density at radius 1 is 0.941 bits per heavy atom. The zero-order chi connectivity index (χ0) is 36.1. The van der Waals surface area contributed by atoms with E-state index >= 15 is 0 Å². The number of nitrogens with zero attached hydrogens (tertiary/aromatic N) is 1. The van der Waals surface area contributed by atoms with Crippen molar-refractivity contribution in [1.82, 2.24) is 4.31 Å². The van der Waals surface area contributed by atoms with Crippen molar-refractivity contribution < 1.29 is 41.3 Å². The molecule has 2 heterocycles. The molecule has 4 aliphatic rings. The summed E-state index contributed by atoms with van der Waals surface area (Å²) in [7, 11) is -5.85. The second-order valence-corrected chi connectivity index (χ2v) is 19.2. The lowest BCUT2D eigenvalue weighted by molar-refractivity contribution is -0.0314. The van der Waals surface area contributed by atoms with E-state index in [0.29, 0.717) is 68.9 Å². The van der Waals surface area contributed by atoms with E-state index in [4.69, 9.17) is 19.9 Å². The standard InChI is InChI=1S/C38H48N2O9S2/c1-47-35-12-11-33(22-34(35)28-6-8-29(9-7-28)38(39)15-16-38)51(45,46)40-19-17-36(18-20-40)23-27(24-49-36)5-10-30(42)25-48-31-3-2-4-32(21-31)50(43,44)37(26-41)13-14-37/h2-4,6-9,11-12,21-22,27,30,41-42H,5,10,13-20,23-26,39H2,1H3/t27-,30-/m0/s1. The van der Waals surface area contributed by atoms with Gasteiger partial charge in [0.2, 0.25) is 10.0 Å². The van der Waals surface area contributed by atoms with Crippen LogP contribution in [0.2, 0.25) is 0 Å². The number of piperidine rings is 1. The van der Waals surface area contributed by atoms with Gasteiger partial charge in [0.15, 0.2) is 9.84 Å². The molecule has 7 rings (SSSR count). The fourth-order valence-electron chi connectivity index (χ4n) is 7.57. The average molecular weight is 741 g/mol. The summed E-state index contributed by atoms with van der Waals surface area (Å²) in [6, 6.07) is 19.2. The quantitative estimate of drug-likeness (QED) is 0.216. The third-order valence-corrected chi connectivity index (χ3v) is 15.9. The van der Waals surface area contributed by atoms with Gasteiger partial charge in [-0.2, -0.15) is 4.31 Å². The Balaban J connectivity index is 0.906. The Morgan fingerprint density at radius 2 is 1.67 bits per heavy atom. The van der Waals surface area contributed by atoms with Crippen molar-refractivity contribution in [1.29, 1.82) is 0 Å².